The van der Waals surface area contributed by atoms with Crippen molar-refractivity contribution in [3.63, 3.8) is 0 Å². The molecule has 47 heavy (non-hydrogen) atoms. The molecule has 3 aliphatic rings. The summed E-state index contributed by atoms with van der Waals surface area (Å²) in [4.78, 5) is 54.4. The zero-order valence-electron chi connectivity index (χ0n) is 25.8. The zero-order valence-corrected chi connectivity index (χ0v) is 25.8. The van der Waals surface area contributed by atoms with Crippen LogP contribution in [0.3, 0.4) is 0 Å². The van der Waals surface area contributed by atoms with Gasteiger partial charge in [-0.2, -0.15) is 0 Å². The third kappa shape index (κ3) is 5.98. The fourth-order valence-electron chi connectivity index (χ4n) is 5.52. The van der Waals surface area contributed by atoms with Crippen molar-refractivity contribution >= 4 is 23.8 Å². The summed E-state index contributed by atoms with van der Waals surface area (Å²) in [5.74, 6) is -2.79. The van der Waals surface area contributed by atoms with Crippen LogP contribution in [0.5, 0.6) is 17.2 Å². The van der Waals surface area contributed by atoms with Gasteiger partial charge in [-0.25, -0.2) is 4.79 Å². The number of nitrogens with zero attached hydrogens (tertiary/aromatic N) is 1. The van der Waals surface area contributed by atoms with Crippen LogP contribution < -0.4 is 19.5 Å². The van der Waals surface area contributed by atoms with E-state index in [9.17, 15) is 19.2 Å². The molecule has 13 heteroatoms. The summed E-state index contributed by atoms with van der Waals surface area (Å²) in [6, 6.07) is 20.7. The lowest BCUT2D eigenvalue weighted by Gasteiger charge is -2.54. The van der Waals surface area contributed by atoms with E-state index in [-0.39, 0.29) is 37.7 Å². The van der Waals surface area contributed by atoms with Gasteiger partial charge in [0.2, 0.25) is 5.91 Å². The van der Waals surface area contributed by atoms with Gasteiger partial charge in [0.05, 0.1) is 20.8 Å². The normalized spacial score (nSPS) is 20.3. The fraction of sp³-hybridized carbons (Fsp3) is 0.294. The Balaban J connectivity index is 1.21. The number of fused-ring (bicyclic) bond motifs is 2. The number of ether oxygens (including phenoxy) is 7. The third-order valence-corrected chi connectivity index (χ3v) is 8.13. The van der Waals surface area contributed by atoms with E-state index in [0.717, 1.165) is 16.2 Å². The Morgan fingerprint density at radius 1 is 0.851 bits per heavy atom. The van der Waals surface area contributed by atoms with Crippen LogP contribution in [0.4, 0.5) is 0 Å². The Kier molecular flexibility index (Phi) is 8.83. The fourth-order valence-corrected chi connectivity index (χ4v) is 5.52. The second-order valence-corrected chi connectivity index (χ2v) is 10.9. The molecule has 1 unspecified atom stereocenters. The van der Waals surface area contributed by atoms with E-state index >= 15 is 0 Å². The molecule has 3 aromatic carbocycles. The van der Waals surface area contributed by atoms with Crippen LogP contribution in [0.15, 0.2) is 84.1 Å². The van der Waals surface area contributed by atoms with Crippen LogP contribution in [0.2, 0.25) is 0 Å². The molecule has 3 aliphatic heterocycles. The van der Waals surface area contributed by atoms with Crippen molar-refractivity contribution in [3.05, 3.63) is 101 Å². The van der Waals surface area contributed by atoms with Crippen molar-refractivity contribution in [2.24, 2.45) is 0 Å². The number of rotatable bonds is 12. The van der Waals surface area contributed by atoms with Crippen molar-refractivity contribution in [1.82, 2.24) is 10.2 Å². The van der Waals surface area contributed by atoms with Crippen molar-refractivity contribution < 1.29 is 52.3 Å². The SMILES string of the molecule is COc1ccc(COC(=O)C(C(=O)N[C@]2(OC)C(=O)N3C4=C(COC4=O)CO[C@@H]32)c2ccc(OCc3ccc(OC)cc3)cc2)cc1. The van der Waals surface area contributed by atoms with Crippen LogP contribution >= 0.6 is 0 Å². The Labute approximate surface area is 269 Å². The Hall–Kier alpha value is -5.40. The van der Waals surface area contributed by atoms with Crippen molar-refractivity contribution in [3.8, 4) is 17.2 Å². The second-order valence-electron chi connectivity index (χ2n) is 10.9. The summed E-state index contributed by atoms with van der Waals surface area (Å²) in [6.45, 7) is 0.169. The summed E-state index contributed by atoms with van der Waals surface area (Å²) in [5.41, 5.74) is 0.467. The van der Waals surface area contributed by atoms with E-state index in [1.807, 2.05) is 24.3 Å². The van der Waals surface area contributed by atoms with Gasteiger partial charge >= 0.3 is 11.9 Å². The average Bonchev–Trinajstić information content (AvgIpc) is 3.48. The molecule has 0 saturated carbocycles. The molecule has 1 saturated heterocycles. The Bertz CT molecular complexity index is 1700. The standard InChI is InChI=1S/C34H32N2O11/c1-41-24-10-4-20(5-11-24)16-44-26-14-8-22(9-15-26)27(30(38)45-17-21-6-12-25(42-2)13-7-21)29(37)35-34(43-3)32(40)36-28-23(18-46-31(28)39)19-47-33(34)36/h4-15,27,33H,16-19H2,1-3H3,(H,35,37)/t27?,33-,34+/m1/s1. The van der Waals surface area contributed by atoms with E-state index in [2.05, 4.69) is 5.32 Å². The van der Waals surface area contributed by atoms with E-state index in [1.165, 1.54) is 7.11 Å². The van der Waals surface area contributed by atoms with Crippen molar-refractivity contribution in [2.75, 3.05) is 34.5 Å². The van der Waals surface area contributed by atoms with Gasteiger partial charge in [0, 0.05) is 12.7 Å². The molecule has 244 valence electrons. The number of β-lactam (4-membered cyclic amide) rings is 1. The van der Waals surface area contributed by atoms with Gasteiger partial charge in [0.15, 0.2) is 12.1 Å². The molecule has 0 radical (unpaired) electrons. The monoisotopic (exact) mass is 644 g/mol. The maximum atomic E-state index is 13.9. The molecule has 0 aromatic heterocycles. The predicted molar refractivity (Wildman–Crippen MR) is 162 cm³/mol. The number of benzene rings is 3. The number of carbonyl (C=O) groups excluding carboxylic acids is 4. The van der Waals surface area contributed by atoms with Gasteiger partial charge in [-0.15, -0.1) is 0 Å². The van der Waals surface area contributed by atoms with Gasteiger partial charge in [-0.05, 0) is 53.1 Å². The summed E-state index contributed by atoms with van der Waals surface area (Å²) >= 11 is 0. The van der Waals surface area contributed by atoms with Crippen molar-refractivity contribution in [1.29, 1.82) is 0 Å². The molecule has 3 heterocycles. The lowest BCUT2D eigenvalue weighted by atomic mass is 9.92. The number of amides is 2. The van der Waals surface area contributed by atoms with Crippen LogP contribution in [0.1, 0.15) is 22.6 Å². The zero-order chi connectivity index (χ0) is 33.1. The van der Waals surface area contributed by atoms with Gasteiger partial charge in [0.1, 0.15) is 42.8 Å². The maximum absolute atomic E-state index is 13.9. The van der Waals surface area contributed by atoms with Gasteiger partial charge < -0.3 is 38.5 Å². The Morgan fingerprint density at radius 2 is 1.45 bits per heavy atom. The highest BCUT2D eigenvalue weighted by Gasteiger charge is 2.68. The summed E-state index contributed by atoms with van der Waals surface area (Å²) < 4.78 is 38.2. The molecule has 0 bridgehead atoms. The number of hydrogen-bond donors (Lipinski definition) is 1. The summed E-state index contributed by atoms with van der Waals surface area (Å²) in [7, 11) is 4.36. The van der Waals surface area contributed by atoms with E-state index < -0.39 is 41.6 Å². The molecule has 1 fully saturated rings. The molecule has 3 atom stereocenters. The predicted octanol–water partition coefficient (Wildman–Crippen LogP) is 2.58. The number of methoxy groups -OCH3 is 3. The lowest BCUT2D eigenvalue weighted by Crippen LogP contribution is -2.82. The molecule has 13 nitrogen and oxygen atoms in total. The maximum Gasteiger partial charge on any atom is 0.355 e. The second kappa shape index (κ2) is 13.1. The minimum atomic E-state index is -1.99. The number of nitrogens with one attached hydrogen (secondary N) is 1. The molecule has 6 rings (SSSR count). The smallest absolute Gasteiger partial charge is 0.355 e. The number of cyclic esters (lactones) is 1. The molecule has 1 N–H and O–H groups in total. The molecule has 0 spiro atoms. The number of esters is 2. The summed E-state index contributed by atoms with van der Waals surface area (Å²) in [5, 5.41) is 2.58. The topological polar surface area (TPSA) is 148 Å². The highest BCUT2D eigenvalue weighted by atomic mass is 16.6. The summed E-state index contributed by atoms with van der Waals surface area (Å²) in [6.07, 6.45) is -1.15. The van der Waals surface area contributed by atoms with Gasteiger partial charge in [-0.3, -0.25) is 19.3 Å². The molecular weight excluding hydrogens is 612 g/mol. The minimum Gasteiger partial charge on any atom is -0.497 e. The average molecular weight is 645 g/mol. The van der Waals surface area contributed by atoms with Gasteiger partial charge in [0.25, 0.3) is 11.6 Å². The lowest BCUT2D eigenvalue weighted by molar-refractivity contribution is -0.257. The van der Waals surface area contributed by atoms with Crippen LogP contribution in [-0.2, 0) is 51.3 Å². The first-order valence-electron chi connectivity index (χ1n) is 14.6. The van der Waals surface area contributed by atoms with Crippen LogP contribution in [-0.4, -0.2) is 75.1 Å². The number of hydrogen-bond acceptors (Lipinski definition) is 11. The Morgan fingerprint density at radius 3 is 2.04 bits per heavy atom. The molecular formula is C34H32N2O11. The van der Waals surface area contributed by atoms with Crippen LogP contribution in [0.25, 0.3) is 0 Å². The number of carbonyl (C=O) groups is 4. The van der Waals surface area contributed by atoms with E-state index in [0.29, 0.717) is 22.6 Å². The highest BCUT2D eigenvalue weighted by molar-refractivity contribution is 6.08. The highest BCUT2D eigenvalue weighted by Crippen LogP contribution is 2.42. The van der Waals surface area contributed by atoms with E-state index in [1.54, 1.807) is 62.8 Å². The first kappa shape index (κ1) is 31.6. The first-order valence-corrected chi connectivity index (χ1v) is 14.6. The molecule has 3 aromatic rings. The van der Waals surface area contributed by atoms with Crippen LogP contribution in [0, 0.1) is 0 Å². The first-order chi connectivity index (χ1) is 22.8. The molecule has 0 aliphatic carbocycles. The van der Waals surface area contributed by atoms with E-state index in [4.69, 9.17) is 33.2 Å². The third-order valence-electron chi connectivity index (χ3n) is 8.13. The minimum absolute atomic E-state index is 0.00181. The van der Waals surface area contributed by atoms with Crippen molar-refractivity contribution in [2.45, 2.75) is 31.1 Å². The quantitative estimate of drug-likeness (QED) is 0.134. The van der Waals surface area contributed by atoms with Gasteiger partial charge in [-0.1, -0.05) is 36.4 Å². The largest absolute Gasteiger partial charge is 0.497 e. The molecule has 2 amide bonds.